The molecule has 0 aromatic heterocycles. The molecule has 3 nitrogen and oxygen atoms in total. The van der Waals surface area contributed by atoms with E-state index in [4.69, 9.17) is 10.6 Å². The summed E-state index contributed by atoms with van der Waals surface area (Å²) in [6.45, 7) is 5.92. The van der Waals surface area contributed by atoms with Crippen LogP contribution >= 0.6 is 0 Å². The molecule has 0 aliphatic rings. The Bertz CT molecular complexity index is 88.2. The molecule has 0 fully saturated rings. The normalized spacial score (nSPS) is 13.9. The Kier molecular flexibility index (Phi) is 6.51. The molecule has 0 saturated carbocycles. The fourth-order valence-corrected chi connectivity index (χ4v) is 1.08. The molecule has 0 unspecified atom stereocenters. The first-order chi connectivity index (χ1) is 5.26. The van der Waals surface area contributed by atoms with Gasteiger partial charge in [-0.1, -0.05) is 13.8 Å². The van der Waals surface area contributed by atoms with Gasteiger partial charge in [-0.25, -0.2) is 5.01 Å². The molecule has 0 saturated heterocycles. The molecule has 0 heterocycles. The van der Waals surface area contributed by atoms with E-state index in [1.54, 1.807) is 7.11 Å². The summed E-state index contributed by atoms with van der Waals surface area (Å²) in [4.78, 5) is 0. The predicted molar refractivity (Wildman–Crippen MR) is 47.1 cm³/mol. The minimum Gasteiger partial charge on any atom is -0.383 e. The van der Waals surface area contributed by atoms with Gasteiger partial charge in [0.25, 0.3) is 0 Å². The Morgan fingerprint density at radius 2 is 2.09 bits per heavy atom. The summed E-state index contributed by atoms with van der Waals surface area (Å²) in [5, 5.41) is 1.86. The molecule has 2 N–H and O–H groups in total. The summed E-state index contributed by atoms with van der Waals surface area (Å²) < 4.78 is 5.04. The van der Waals surface area contributed by atoms with Crippen molar-refractivity contribution in [3.8, 4) is 0 Å². The molecular formula is C8H20N2O. The molecule has 0 rings (SSSR count). The van der Waals surface area contributed by atoms with Crippen molar-refractivity contribution in [2.75, 3.05) is 20.3 Å². The van der Waals surface area contributed by atoms with Gasteiger partial charge in [0.2, 0.25) is 0 Å². The summed E-state index contributed by atoms with van der Waals surface area (Å²) in [5.41, 5.74) is 0. The Hall–Kier alpha value is -0.120. The molecule has 68 valence electrons. The second kappa shape index (κ2) is 6.58. The first-order valence-electron chi connectivity index (χ1n) is 4.26. The largest absolute Gasteiger partial charge is 0.383 e. The van der Waals surface area contributed by atoms with Crippen LogP contribution in [0.25, 0.3) is 0 Å². The van der Waals surface area contributed by atoms with Crippen LogP contribution in [-0.2, 0) is 4.74 Å². The van der Waals surface area contributed by atoms with Gasteiger partial charge in [0.1, 0.15) is 0 Å². The molecule has 0 radical (unpaired) electrons. The van der Waals surface area contributed by atoms with Crippen molar-refractivity contribution in [2.24, 2.45) is 5.84 Å². The lowest BCUT2D eigenvalue weighted by molar-refractivity contribution is 0.0876. The van der Waals surface area contributed by atoms with E-state index in [1.807, 2.05) is 5.01 Å². The first kappa shape index (κ1) is 10.9. The Morgan fingerprint density at radius 1 is 1.45 bits per heavy atom. The van der Waals surface area contributed by atoms with Crippen LogP contribution in [0.5, 0.6) is 0 Å². The van der Waals surface area contributed by atoms with Gasteiger partial charge in [-0.2, -0.15) is 0 Å². The molecule has 11 heavy (non-hydrogen) atoms. The van der Waals surface area contributed by atoms with Crippen LogP contribution in [-0.4, -0.2) is 31.3 Å². The fourth-order valence-electron chi connectivity index (χ4n) is 1.08. The topological polar surface area (TPSA) is 38.5 Å². The van der Waals surface area contributed by atoms with E-state index in [9.17, 15) is 0 Å². The summed E-state index contributed by atoms with van der Waals surface area (Å²) >= 11 is 0. The van der Waals surface area contributed by atoms with Crippen molar-refractivity contribution in [2.45, 2.75) is 32.7 Å². The first-order valence-corrected chi connectivity index (χ1v) is 4.26. The van der Waals surface area contributed by atoms with Crippen molar-refractivity contribution in [1.29, 1.82) is 0 Å². The van der Waals surface area contributed by atoms with E-state index >= 15 is 0 Å². The van der Waals surface area contributed by atoms with Crippen molar-refractivity contribution in [3.63, 3.8) is 0 Å². The predicted octanol–water partition coefficient (Wildman–Crippen LogP) is 0.997. The quantitative estimate of drug-likeness (QED) is 0.465. The third-order valence-corrected chi connectivity index (χ3v) is 1.78. The van der Waals surface area contributed by atoms with Gasteiger partial charge >= 0.3 is 0 Å². The highest BCUT2D eigenvalue weighted by atomic mass is 16.5. The lowest BCUT2D eigenvalue weighted by Gasteiger charge is -2.25. The van der Waals surface area contributed by atoms with Crippen LogP contribution in [0.1, 0.15) is 26.7 Å². The molecule has 3 heteroatoms. The fraction of sp³-hybridized carbons (Fsp3) is 1.00. The summed E-state index contributed by atoms with van der Waals surface area (Å²) in [6.07, 6.45) is 2.14. The molecule has 1 atom stereocenters. The average Bonchev–Trinajstić information content (AvgIpc) is 2.00. The Balaban J connectivity index is 3.61. The number of hydrazine groups is 1. The van der Waals surface area contributed by atoms with Gasteiger partial charge < -0.3 is 4.74 Å². The minimum absolute atomic E-state index is 0.375. The maximum atomic E-state index is 5.78. The molecule has 0 amide bonds. The van der Waals surface area contributed by atoms with Crippen LogP contribution in [0.4, 0.5) is 0 Å². The second-order valence-electron chi connectivity index (χ2n) is 2.76. The van der Waals surface area contributed by atoms with E-state index in [-0.39, 0.29) is 0 Å². The van der Waals surface area contributed by atoms with E-state index in [0.29, 0.717) is 6.04 Å². The number of methoxy groups -OCH3 is 1. The highest BCUT2D eigenvalue weighted by Gasteiger charge is 2.10. The van der Waals surface area contributed by atoms with Crippen molar-refractivity contribution >= 4 is 0 Å². The van der Waals surface area contributed by atoms with E-state index < -0.39 is 0 Å². The SMILES string of the molecule is CCCN(N)[C@H](CC)COC. The van der Waals surface area contributed by atoms with Crippen molar-refractivity contribution in [3.05, 3.63) is 0 Å². The van der Waals surface area contributed by atoms with Gasteiger partial charge in [0, 0.05) is 19.7 Å². The van der Waals surface area contributed by atoms with E-state index in [2.05, 4.69) is 13.8 Å². The van der Waals surface area contributed by atoms with Crippen LogP contribution in [0.15, 0.2) is 0 Å². The minimum atomic E-state index is 0.375. The number of hydrogen-bond acceptors (Lipinski definition) is 3. The molecule has 0 aliphatic carbocycles. The number of nitrogens with two attached hydrogens (primary N) is 1. The van der Waals surface area contributed by atoms with E-state index in [0.717, 1.165) is 26.0 Å². The number of hydrogen-bond donors (Lipinski definition) is 1. The standard InChI is InChI=1S/C8H20N2O/c1-4-6-10(9)8(5-2)7-11-3/h8H,4-7,9H2,1-3H3/t8-/m1/s1. The number of rotatable bonds is 6. The van der Waals surface area contributed by atoms with Crippen LogP contribution in [0.3, 0.4) is 0 Å². The maximum Gasteiger partial charge on any atom is 0.0631 e. The second-order valence-corrected chi connectivity index (χ2v) is 2.76. The molecule has 0 aromatic rings. The molecule has 0 bridgehead atoms. The zero-order chi connectivity index (χ0) is 8.69. The van der Waals surface area contributed by atoms with Gasteiger partial charge in [-0.3, -0.25) is 5.84 Å². The third kappa shape index (κ3) is 4.35. The smallest absolute Gasteiger partial charge is 0.0631 e. The van der Waals surface area contributed by atoms with Gasteiger partial charge in [-0.15, -0.1) is 0 Å². The van der Waals surface area contributed by atoms with Crippen LogP contribution in [0, 0.1) is 0 Å². The van der Waals surface area contributed by atoms with Crippen LogP contribution < -0.4 is 5.84 Å². The lowest BCUT2D eigenvalue weighted by atomic mass is 10.2. The van der Waals surface area contributed by atoms with Gasteiger partial charge in [0.05, 0.1) is 6.61 Å². The van der Waals surface area contributed by atoms with Gasteiger partial charge in [-0.05, 0) is 12.8 Å². The third-order valence-electron chi connectivity index (χ3n) is 1.78. The lowest BCUT2D eigenvalue weighted by Crippen LogP contribution is -2.43. The molecule has 0 spiro atoms. The summed E-state index contributed by atoms with van der Waals surface area (Å²) in [6, 6.07) is 0.375. The number of nitrogens with zero attached hydrogens (tertiary/aromatic N) is 1. The van der Waals surface area contributed by atoms with E-state index in [1.165, 1.54) is 0 Å². The van der Waals surface area contributed by atoms with Crippen LogP contribution in [0.2, 0.25) is 0 Å². The van der Waals surface area contributed by atoms with Crippen molar-refractivity contribution < 1.29 is 4.74 Å². The highest BCUT2D eigenvalue weighted by molar-refractivity contribution is 4.63. The maximum absolute atomic E-state index is 5.78. The van der Waals surface area contributed by atoms with Crippen molar-refractivity contribution in [1.82, 2.24) is 5.01 Å². The van der Waals surface area contributed by atoms with Gasteiger partial charge in [0.15, 0.2) is 0 Å². The average molecular weight is 160 g/mol. The molecular weight excluding hydrogens is 140 g/mol. The summed E-state index contributed by atoms with van der Waals surface area (Å²) in [5.74, 6) is 5.78. The summed E-state index contributed by atoms with van der Waals surface area (Å²) in [7, 11) is 1.71. The molecule has 0 aromatic carbocycles. The zero-order valence-corrected chi connectivity index (χ0v) is 7.84. The monoisotopic (exact) mass is 160 g/mol. The number of ether oxygens (including phenoxy) is 1. The molecule has 0 aliphatic heterocycles. The Labute approximate surface area is 69.5 Å². The zero-order valence-electron chi connectivity index (χ0n) is 7.84. The Morgan fingerprint density at radius 3 is 2.45 bits per heavy atom. The highest BCUT2D eigenvalue weighted by Crippen LogP contribution is 1.99.